The minimum atomic E-state index is -0.539. The lowest BCUT2D eigenvalue weighted by Gasteiger charge is -2.24. The molecular formula is C22H21N3O4. The second-order valence-electron chi connectivity index (χ2n) is 6.82. The normalized spacial score (nSPS) is 15.9. The first-order chi connectivity index (χ1) is 14.1. The van der Waals surface area contributed by atoms with Crippen molar-refractivity contribution in [2.24, 2.45) is 0 Å². The highest BCUT2D eigenvalue weighted by atomic mass is 16.5. The SMILES string of the molecule is Cc1occc1C(=O)N1CCC[C@H]1C(=O)Nc1ccccc1Oc1cccnc1. The molecule has 7 nitrogen and oxygen atoms in total. The van der Waals surface area contributed by atoms with Gasteiger partial charge in [-0.1, -0.05) is 12.1 Å². The molecule has 4 rings (SSSR count). The Balaban J connectivity index is 1.51. The Morgan fingerprint density at radius 1 is 1.21 bits per heavy atom. The second-order valence-corrected chi connectivity index (χ2v) is 6.82. The fourth-order valence-electron chi connectivity index (χ4n) is 3.45. The maximum absolute atomic E-state index is 13.0. The van der Waals surface area contributed by atoms with E-state index in [1.54, 1.807) is 54.5 Å². The zero-order valence-electron chi connectivity index (χ0n) is 16.0. The Morgan fingerprint density at radius 2 is 2.07 bits per heavy atom. The summed E-state index contributed by atoms with van der Waals surface area (Å²) in [5.41, 5.74) is 1.03. The number of nitrogens with one attached hydrogen (secondary N) is 1. The van der Waals surface area contributed by atoms with Crippen LogP contribution in [-0.4, -0.2) is 34.3 Å². The molecule has 1 saturated heterocycles. The molecule has 1 fully saturated rings. The van der Waals surface area contributed by atoms with Crippen LogP contribution in [0.5, 0.6) is 11.5 Å². The van der Waals surface area contributed by atoms with Gasteiger partial charge in [0.05, 0.1) is 23.7 Å². The number of pyridine rings is 1. The molecule has 3 aromatic rings. The summed E-state index contributed by atoms with van der Waals surface area (Å²) < 4.78 is 11.1. The summed E-state index contributed by atoms with van der Waals surface area (Å²) in [6.45, 7) is 2.28. The minimum Gasteiger partial charge on any atom is -0.469 e. The standard InChI is InChI=1S/C22H21N3O4/c1-15-17(10-13-28-15)22(27)25-12-5-8-19(25)21(26)24-18-7-2-3-9-20(18)29-16-6-4-11-23-14-16/h2-4,6-7,9-11,13-14,19H,5,8,12H2,1H3,(H,24,26)/t19-/m0/s1. The first-order valence-electron chi connectivity index (χ1n) is 9.46. The number of amides is 2. The lowest BCUT2D eigenvalue weighted by molar-refractivity contribution is -0.119. The van der Waals surface area contributed by atoms with Gasteiger partial charge in [0.2, 0.25) is 5.91 Å². The molecular weight excluding hydrogens is 370 g/mol. The number of aromatic nitrogens is 1. The molecule has 1 aliphatic heterocycles. The number of likely N-dealkylation sites (tertiary alicyclic amines) is 1. The summed E-state index contributed by atoms with van der Waals surface area (Å²) >= 11 is 0. The molecule has 2 amide bonds. The number of benzene rings is 1. The zero-order valence-corrected chi connectivity index (χ0v) is 16.0. The predicted octanol–water partition coefficient (Wildman–Crippen LogP) is 4.02. The molecule has 0 aliphatic carbocycles. The van der Waals surface area contributed by atoms with Crippen LogP contribution in [0.4, 0.5) is 5.69 Å². The van der Waals surface area contributed by atoms with Gasteiger partial charge in [0, 0.05) is 12.7 Å². The molecule has 0 bridgehead atoms. The summed E-state index contributed by atoms with van der Waals surface area (Å²) in [5.74, 6) is 1.21. The van der Waals surface area contributed by atoms with Gasteiger partial charge in [0.25, 0.3) is 5.91 Å². The van der Waals surface area contributed by atoms with Crippen molar-refractivity contribution in [2.75, 3.05) is 11.9 Å². The second kappa shape index (κ2) is 8.18. The number of hydrogen-bond acceptors (Lipinski definition) is 5. The third-order valence-corrected chi connectivity index (χ3v) is 4.91. The van der Waals surface area contributed by atoms with Gasteiger partial charge in [0.15, 0.2) is 5.75 Å². The summed E-state index contributed by atoms with van der Waals surface area (Å²) in [6.07, 6.45) is 6.13. The van der Waals surface area contributed by atoms with Gasteiger partial charge in [-0.25, -0.2) is 0 Å². The molecule has 148 valence electrons. The van der Waals surface area contributed by atoms with E-state index < -0.39 is 6.04 Å². The van der Waals surface area contributed by atoms with Gasteiger partial charge < -0.3 is 19.4 Å². The summed E-state index contributed by atoms with van der Waals surface area (Å²) in [4.78, 5) is 31.5. The van der Waals surface area contributed by atoms with E-state index in [0.29, 0.717) is 41.5 Å². The number of furan rings is 1. The fraction of sp³-hybridized carbons (Fsp3) is 0.227. The van der Waals surface area contributed by atoms with Crippen LogP contribution < -0.4 is 10.1 Å². The van der Waals surface area contributed by atoms with E-state index in [1.807, 2.05) is 12.1 Å². The first-order valence-corrected chi connectivity index (χ1v) is 9.46. The van der Waals surface area contributed by atoms with Crippen LogP contribution in [0.1, 0.15) is 29.0 Å². The van der Waals surface area contributed by atoms with Crippen molar-refractivity contribution in [3.05, 3.63) is 72.4 Å². The largest absolute Gasteiger partial charge is 0.469 e. The van der Waals surface area contributed by atoms with Crippen LogP contribution in [0.3, 0.4) is 0 Å². The Kier molecular flexibility index (Phi) is 5.29. The molecule has 0 saturated carbocycles. The topological polar surface area (TPSA) is 84.7 Å². The summed E-state index contributed by atoms with van der Waals surface area (Å²) in [7, 11) is 0. The van der Waals surface area contributed by atoms with Crippen LogP contribution in [-0.2, 0) is 4.79 Å². The zero-order chi connectivity index (χ0) is 20.2. The fourth-order valence-corrected chi connectivity index (χ4v) is 3.45. The van der Waals surface area contributed by atoms with E-state index >= 15 is 0 Å². The number of aryl methyl sites for hydroxylation is 1. The Bertz CT molecular complexity index is 1020. The lowest BCUT2D eigenvalue weighted by atomic mass is 10.1. The van der Waals surface area contributed by atoms with Gasteiger partial charge in [0.1, 0.15) is 17.6 Å². The van der Waals surface area contributed by atoms with E-state index in [0.717, 1.165) is 6.42 Å². The van der Waals surface area contributed by atoms with Gasteiger partial charge in [-0.05, 0) is 50.1 Å². The van der Waals surface area contributed by atoms with Crippen molar-refractivity contribution in [1.82, 2.24) is 9.88 Å². The summed E-state index contributed by atoms with van der Waals surface area (Å²) in [6, 6.07) is 11.9. The molecule has 1 N–H and O–H groups in total. The number of rotatable bonds is 5. The van der Waals surface area contributed by atoms with E-state index in [4.69, 9.17) is 9.15 Å². The van der Waals surface area contributed by atoms with Crippen LogP contribution in [0.15, 0.2) is 65.5 Å². The third-order valence-electron chi connectivity index (χ3n) is 4.91. The lowest BCUT2D eigenvalue weighted by Crippen LogP contribution is -2.43. The van der Waals surface area contributed by atoms with Gasteiger partial charge in [-0.3, -0.25) is 14.6 Å². The van der Waals surface area contributed by atoms with E-state index in [1.165, 1.54) is 6.26 Å². The Labute approximate surface area is 168 Å². The number of carbonyl (C=O) groups excluding carboxylic acids is 2. The number of nitrogens with zero attached hydrogens (tertiary/aromatic N) is 2. The highest BCUT2D eigenvalue weighted by molar-refractivity contribution is 6.02. The molecule has 3 heterocycles. The number of hydrogen-bond donors (Lipinski definition) is 1. The average molecular weight is 391 g/mol. The number of anilines is 1. The smallest absolute Gasteiger partial charge is 0.258 e. The maximum Gasteiger partial charge on any atom is 0.258 e. The van der Waals surface area contributed by atoms with Crippen molar-refractivity contribution in [3.63, 3.8) is 0 Å². The van der Waals surface area contributed by atoms with Crippen molar-refractivity contribution >= 4 is 17.5 Å². The van der Waals surface area contributed by atoms with E-state index in [9.17, 15) is 9.59 Å². The molecule has 29 heavy (non-hydrogen) atoms. The highest BCUT2D eigenvalue weighted by Gasteiger charge is 2.35. The predicted molar refractivity (Wildman–Crippen MR) is 107 cm³/mol. The van der Waals surface area contributed by atoms with Gasteiger partial charge in [-0.2, -0.15) is 0 Å². The molecule has 2 aromatic heterocycles. The van der Waals surface area contributed by atoms with Crippen molar-refractivity contribution in [2.45, 2.75) is 25.8 Å². The Morgan fingerprint density at radius 3 is 2.83 bits per heavy atom. The third kappa shape index (κ3) is 3.99. The van der Waals surface area contributed by atoms with Crippen LogP contribution in [0.2, 0.25) is 0 Å². The maximum atomic E-state index is 13.0. The molecule has 0 spiro atoms. The molecule has 1 atom stereocenters. The molecule has 0 radical (unpaired) electrons. The number of para-hydroxylation sites is 2. The van der Waals surface area contributed by atoms with Gasteiger partial charge >= 0.3 is 0 Å². The number of ether oxygens (including phenoxy) is 1. The first kappa shape index (κ1) is 18.7. The highest BCUT2D eigenvalue weighted by Crippen LogP contribution is 2.30. The van der Waals surface area contributed by atoms with E-state index in [2.05, 4.69) is 10.3 Å². The average Bonchev–Trinajstić information content (AvgIpc) is 3.39. The Hall–Kier alpha value is -3.61. The quantitative estimate of drug-likeness (QED) is 0.710. The van der Waals surface area contributed by atoms with Crippen LogP contribution in [0.25, 0.3) is 0 Å². The van der Waals surface area contributed by atoms with Crippen molar-refractivity contribution in [3.8, 4) is 11.5 Å². The van der Waals surface area contributed by atoms with Crippen LogP contribution in [0, 0.1) is 6.92 Å². The monoisotopic (exact) mass is 391 g/mol. The molecule has 1 aromatic carbocycles. The van der Waals surface area contributed by atoms with E-state index in [-0.39, 0.29) is 11.8 Å². The summed E-state index contributed by atoms with van der Waals surface area (Å²) in [5, 5.41) is 2.92. The van der Waals surface area contributed by atoms with Gasteiger partial charge in [-0.15, -0.1) is 0 Å². The molecule has 0 unspecified atom stereocenters. The van der Waals surface area contributed by atoms with Crippen LogP contribution >= 0.6 is 0 Å². The molecule has 7 heteroatoms. The molecule has 1 aliphatic rings. The van der Waals surface area contributed by atoms with Crippen molar-refractivity contribution < 1.29 is 18.7 Å². The number of carbonyl (C=O) groups is 2. The minimum absolute atomic E-state index is 0.186. The van der Waals surface area contributed by atoms with Crippen molar-refractivity contribution in [1.29, 1.82) is 0 Å².